The fraction of sp³-hybridized carbons (Fsp3) is 0.435. The van der Waals surface area contributed by atoms with Crippen LogP contribution in [0, 0.1) is 18.2 Å². The number of aryl methyl sites for hydroxylation is 1. The van der Waals surface area contributed by atoms with Crippen LogP contribution in [0.3, 0.4) is 0 Å². The summed E-state index contributed by atoms with van der Waals surface area (Å²) in [5.41, 5.74) is 2.96. The third-order valence-electron chi connectivity index (χ3n) is 6.23. The third kappa shape index (κ3) is 3.63. The largest absolute Gasteiger partial charge is 0.338 e. The standard InChI is InChI=1S/C23H27FN2O/c1-18-7-2-3-8-19(18)15-25-14-12-23(17-25)11-6-13-26(22(23)27)16-20-9-4-5-10-21(20)24/h2-5,7-10H,6,11-17H2,1H3/t23-/m0/s1. The maximum Gasteiger partial charge on any atom is 0.230 e. The van der Waals surface area contributed by atoms with Gasteiger partial charge in [-0.25, -0.2) is 4.39 Å². The van der Waals surface area contributed by atoms with Gasteiger partial charge in [-0.1, -0.05) is 42.5 Å². The fourth-order valence-corrected chi connectivity index (χ4v) is 4.64. The summed E-state index contributed by atoms with van der Waals surface area (Å²) in [6, 6.07) is 15.2. The van der Waals surface area contributed by atoms with Crippen molar-refractivity contribution in [3.05, 3.63) is 71.0 Å². The van der Waals surface area contributed by atoms with E-state index in [1.165, 1.54) is 17.2 Å². The van der Waals surface area contributed by atoms with Crippen molar-refractivity contribution in [3.8, 4) is 0 Å². The number of hydrogen-bond donors (Lipinski definition) is 0. The summed E-state index contributed by atoms with van der Waals surface area (Å²) in [5, 5.41) is 0. The first-order valence-corrected chi connectivity index (χ1v) is 9.87. The molecule has 0 saturated carbocycles. The zero-order valence-corrected chi connectivity index (χ0v) is 16.0. The van der Waals surface area contributed by atoms with E-state index in [9.17, 15) is 9.18 Å². The predicted molar refractivity (Wildman–Crippen MR) is 105 cm³/mol. The first kappa shape index (κ1) is 18.2. The van der Waals surface area contributed by atoms with Gasteiger partial charge in [-0.05, 0) is 49.9 Å². The van der Waals surface area contributed by atoms with E-state index in [4.69, 9.17) is 0 Å². The summed E-state index contributed by atoms with van der Waals surface area (Å²) < 4.78 is 14.0. The average Bonchev–Trinajstić information content (AvgIpc) is 3.06. The topological polar surface area (TPSA) is 23.6 Å². The molecule has 1 atom stereocenters. The summed E-state index contributed by atoms with van der Waals surface area (Å²) in [4.78, 5) is 17.6. The Morgan fingerprint density at radius 2 is 1.70 bits per heavy atom. The monoisotopic (exact) mass is 366 g/mol. The van der Waals surface area contributed by atoms with Crippen LogP contribution in [-0.2, 0) is 17.9 Å². The summed E-state index contributed by atoms with van der Waals surface area (Å²) in [7, 11) is 0. The molecule has 0 aliphatic carbocycles. The van der Waals surface area contributed by atoms with E-state index >= 15 is 0 Å². The van der Waals surface area contributed by atoms with Crippen LogP contribution in [-0.4, -0.2) is 35.3 Å². The van der Waals surface area contributed by atoms with Gasteiger partial charge >= 0.3 is 0 Å². The molecule has 2 heterocycles. The summed E-state index contributed by atoms with van der Waals surface area (Å²) in [6.45, 7) is 5.91. The van der Waals surface area contributed by atoms with Crippen molar-refractivity contribution in [1.29, 1.82) is 0 Å². The second kappa shape index (κ2) is 7.43. The number of piperidine rings is 1. The second-order valence-corrected chi connectivity index (χ2v) is 8.09. The molecule has 2 saturated heterocycles. The minimum absolute atomic E-state index is 0.212. The van der Waals surface area contributed by atoms with Gasteiger partial charge < -0.3 is 4.90 Å². The van der Waals surface area contributed by atoms with Crippen LogP contribution in [0.2, 0.25) is 0 Å². The van der Waals surface area contributed by atoms with Crippen LogP contribution in [0.5, 0.6) is 0 Å². The third-order valence-corrected chi connectivity index (χ3v) is 6.23. The van der Waals surface area contributed by atoms with E-state index in [1.807, 2.05) is 11.0 Å². The highest BCUT2D eigenvalue weighted by atomic mass is 19.1. The minimum atomic E-state index is -0.286. The van der Waals surface area contributed by atoms with Gasteiger partial charge in [0.05, 0.1) is 5.41 Å². The number of likely N-dealkylation sites (tertiary alicyclic amines) is 2. The molecular formula is C23H27FN2O. The summed E-state index contributed by atoms with van der Waals surface area (Å²) in [6.07, 6.45) is 2.85. The van der Waals surface area contributed by atoms with Crippen molar-refractivity contribution in [2.75, 3.05) is 19.6 Å². The van der Waals surface area contributed by atoms with E-state index in [2.05, 4.69) is 36.1 Å². The number of hydrogen-bond acceptors (Lipinski definition) is 2. The van der Waals surface area contributed by atoms with E-state index in [0.29, 0.717) is 12.1 Å². The first-order chi connectivity index (χ1) is 13.1. The Morgan fingerprint density at radius 3 is 2.48 bits per heavy atom. The van der Waals surface area contributed by atoms with Crippen LogP contribution in [0.1, 0.15) is 36.0 Å². The molecule has 0 aromatic heterocycles. The SMILES string of the molecule is Cc1ccccc1CN1CC[C@@]2(CCCN(Cc3ccccc3F)C2=O)C1. The van der Waals surface area contributed by atoms with Gasteiger partial charge in [0.2, 0.25) is 5.91 Å². The van der Waals surface area contributed by atoms with Crippen molar-refractivity contribution >= 4 is 5.91 Å². The molecule has 1 spiro atoms. The molecule has 4 rings (SSSR count). The fourth-order valence-electron chi connectivity index (χ4n) is 4.64. The van der Waals surface area contributed by atoms with Gasteiger partial charge in [-0.3, -0.25) is 9.69 Å². The van der Waals surface area contributed by atoms with Gasteiger partial charge in [0.25, 0.3) is 0 Å². The van der Waals surface area contributed by atoms with Crippen LogP contribution in [0.25, 0.3) is 0 Å². The van der Waals surface area contributed by atoms with E-state index in [0.717, 1.165) is 45.4 Å². The Morgan fingerprint density at radius 1 is 0.963 bits per heavy atom. The predicted octanol–water partition coefficient (Wildman–Crippen LogP) is 4.15. The van der Waals surface area contributed by atoms with Gasteiger partial charge in [-0.15, -0.1) is 0 Å². The summed E-state index contributed by atoms with van der Waals surface area (Å²) in [5.74, 6) is -0.0122. The lowest BCUT2D eigenvalue weighted by molar-refractivity contribution is -0.146. The maximum atomic E-state index is 14.0. The van der Waals surface area contributed by atoms with Crippen LogP contribution in [0.4, 0.5) is 4.39 Å². The van der Waals surface area contributed by atoms with Gasteiger partial charge in [-0.2, -0.15) is 0 Å². The van der Waals surface area contributed by atoms with Crippen molar-refractivity contribution in [2.45, 2.75) is 39.3 Å². The molecule has 0 unspecified atom stereocenters. The summed E-state index contributed by atoms with van der Waals surface area (Å²) >= 11 is 0. The molecule has 27 heavy (non-hydrogen) atoms. The van der Waals surface area contributed by atoms with Gasteiger partial charge in [0.1, 0.15) is 5.82 Å². The molecule has 1 amide bonds. The quantitative estimate of drug-likeness (QED) is 0.812. The Bertz CT molecular complexity index is 837. The van der Waals surface area contributed by atoms with Crippen LogP contribution >= 0.6 is 0 Å². The highest BCUT2D eigenvalue weighted by molar-refractivity contribution is 5.84. The molecule has 4 heteroatoms. The molecule has 142 valence electrons. The number of amides is 1. The number of halogens is 1. The highest BCUT2D eigenvalue weighted by Crippen LogP contribution is 2.41. The molecular weight excluding hydrogens is 339 g/mol. The van der Waals surface area contributed by atoms with E-state index in [-0.39, 0.29) is 17.1 Å². The number of benzene rings is 2. The Labute approximate surface area is 160 Å². The Balaban J connectivity index is 1.46. The van der Waals surface area contributed by atoms with E-state index in [1.54, 1.807) is 12.1 Å². The van der Waals surface area contributed by atoms with Crippen molar-refractivity contribution < 1.29 is 9.18 Å². The number of carbonyl (C=O) groups excluding carboxylic acids is 1. The van der Waals surface area contributed by atoms with Crippen LogP contribution in [0.15, 0.2) is 48.5 Å². The normalized spacial score (nSPS) is 23.3. The van der Waals surface area contributed by atoms with Crippen LogP contribution < -0.4 is 0 Å². The maximum absolute atomic E-state index is 14.0. The number of nitrogens with zero attached hydrogens (tertiary/aromatic N) is 2. The lowest BCUT2D eigenvalue weighted by atomic mass is 9.78. The minimum Gasteiger partial charge on any atom is -0.338 e. The molecule has 2 aliphatic rings. The average molecular weight is 366 g/mol. The highest BCUT2D eigenvalue weighted by Gasteiger charge is 2.48. The molecule has 0 bridgehead atoms. The molecule has 2 aromatic carbocycles. The zero-order chi connectivity index (χ0) is 18.9. The first-order valence-electron chi connectivity index (χ1n) is 9.87. The van der Waals surface area contributed by atoms with E-state index < -0.39 is 0 Å². The van der Waals surface area contributed by atoms with Crippen molar-refractivity contribution in [3.63, 3.8) is 0 Å². The Hall–Kier alpha value is -2.20. The molecule has 2 fully saturated rings. The zero-order valence-electron chi connectivity index (χ0n) is 16.0. The Kier molecular flexibility index (Phi) is 5.00. The van der Waals surface area contributed by atoms with Crippen molar-refractivity contribution in [1.82, 2.24) is 9.80 Å². The number of carbonyl (C=O) groups is 1. The van der Waals surface area contributed by atoms with Gasteiger partial charge in [0, 0.05) is 31.7 Å². The van der Waals surface area contributed by atoms with Gasteiger partial charge in [0.15, 0.2) is 0 Å². The molecule has 2 aliphatic heterocycles. The number of rotatable bonds is 4. The molecule has 0 N–H and O–H groups in total. The van der Waals surface area contributed by atoms with Crippen molar-refractivity contribution in [2.24, 2.45) is 5.41 Å². The second-order valence-electron chi connectivity index (χ2n) is 8.09. The smallest absolute Gasteiger partial charge is 0.230 e. The molecule has 3 nitrogen and oxygen atoms in total. The lowest BCUT2D eigenvalue weighted by Crippen LogP contribution is -2.49. The lowest BCUT2D eigenvalue weighted by Gasteiger charge is -2.39. The molecule has 0 radical (unpaired) electrons. The molecule has 2 aromatic rings.